The third-order valence-electron chi connectivity index (χ3n) is 4.09. The summed E-state index contributed by atoms with van der Waals surface area (Å²) < 4.78 is 19.1. The van der Waals surface area contributed by atoms with Crippen molar-refractivity contribution in [3.63, 3.8) is 0 Å². The zero-order valence-electron chi connectivity index (χ0n) is 15.1. The Morgan fingerprint density at radius 2 is 1.86 bits per heavy atom. The van der Waals surface area contributed by atoms with Gasteiger partial charge in [0.1, 0.15) is 18.2 Å². The number of allylic oxidation sites excluding steroid dienone is 1. The Hall–Kier alpha value is -3.62. The van der Waals surface area contributed by atoms with Gasteiger partial charge in [0.15, 0.2) is 0 Å². The zero-order chi connectivity index (χ0) is 20.8. The summed E-state index contributed by atoms with van der Waals surface area (Å²) in [6.45, 7) is 0.156. The summed E-state index contributed by atoms with van der Waals surface area (Å²) in [5.41, 5.74) is 2.32. The van der Waals surface area contributed by atoms with Crippen molar-refractivity contribution in [3.8, 4) is 11.8 Å². The molecule has 0 fully saturated rings. The van der Waals surface area contributed by atoms with Gasteiger partial charge < -0.3 is 9.84 Å². The lowest BCUT2D eigenvalue weighted by Gasteiger charge is -2.09. The molecular weight excluding hydrogens is 393 g/mol. The number of rotatable bonds is 6. The molecule has 0 heterocycles. The summed E-state index contributed by atoms with van der Waals surface area (Å²) in [7, 11) is 0. The van der Waals surface area contributed by atoms with E-state index < -0.39 is 11.8 Å². The van der Waals surface area contributed by atoms with E-state index in [1.165, 1.54) is 24.3 Å². The first kappa shape index (κ1) is 20.1. The number of nitrogens with zero attached hydrogens (tertiary/aromatic N) is 1. The lowest BCUT2D eigenvalue weighted by atomic mass is 10.0. The molecule has 0 saturated heterocycles. The van der Waals surface area contributed by atoms with Crippen LogP contribution >= 0.6 is 11.6 Å². The number of benzene rings is 3. The average molecular weight is 408 g/mol. The maximum absolute atomic E-state index is 13.4. The highest BCUT2D eigenvalue weighted by molar-refractivity contribution is 6.32. The quantitative estimate of drug-likeness (QED) is 0.413. The topological polar surface area (TPSA) is 70.3 Å². The van der Waals surface area contributed by atoms with E-state index in [1.54, 1.807) is 48.5 Å². The summed E-state index contributed by atoms with van der Waals surface area (Å²) in [6.07, 6.45) is 1.61. The average Bonchev–Trinajstić information content (AvgIpc) is 2.71. The molecule has 0 aromatic heterocycles. The summed E-state index contributed by atoms with van der Waals surface area (Å²) in [6, 6.07) is 19.3. The second kappa shape index (κ2) is 9.05. The highest BCUT2D eigenvalue weighted by Gasteiger charge is 2.07. The van der Waals surface area contributed by atoms with E-state index in [1.807, 2.05) is 0 Å². The molecule has 3 aromatic carbocycles. The maximum atomic E-state index is 13.4. The second-order valence-electron chi connectivity index (χ2n) is 6.16. The van der Waals surface area contributed by atoms with Crippen LogP contribution in [0.3, 0.4) is 0 Å². The van der Waals surface area contributed by atoms with E-state index in [0.717, 1.165) is 0 Å². The number of nitriles is 1. The standard InChI is InChI=1S/C23H15ClFNO3/c24-21-11-15(9-19(13-26)17-4-2-6-20(25)12-17)7-8-22(21)29-14-16-3-1-5-18(10-16)23(27)28/h1-12H,14H2,(H,27,28)/b19-9+. The van der Waals surface area contributed by atoms with Gasteiger partial charge in [0.25, 0.3) is 0 Å². The van der Waals surface area contributed by atoms with Crippen molar-refractivity contribution in [3.05, 3.63) is 99.8 Å². The van der Waals surface area contributed by atoms with Crippen LogP contribution in [0.1, 0.15) is 27.0 Å². The molecule has 3 rings (SSSR count). The van der Waals surface area contributed by atoms with Gasteiger partial charge in [-0.25, -0.2) is 9.18 Å². The molecule has 0 atom stereocenters. The predicted molar refractivity (Wildman–Crippen MR) is 109 cm³/mol. The second-order valence-corrected chi connectivity index (χ2v) is 6.57. The number of carboxylic acid groups (broad SMARTS) is 1. The lowest BCUT2D eigenvalue weighted by molar-refractivity contribution is 0.0696. The largest absolute Gasteiger partial charge is 0.487 e. The maximum Gasteiger partial charge on any atom is 0.335 e. The Morgan fingerprint density at radius 1 is 1.10 bits per heavy atom. The van der Waals surface area contributed by atoms with Gasteiger partial charge in [-0.2, -0.15) is 5.26 Å². The van der Waals surface area contributed by atoms with Crippen molar-refractivity contribution in [2.24, 2.45) is 0 Å². The van der Waals surface area contributed by atoms with Crippen molar-refractivity contribution in [2.45, 2.75) is 6.61 Å². The Kier molecular flexibility index (Phi) is 6.28. The Morgan fingerprint density at radius 3 is 2.55 bits per heavy atom. The predicted octanol–water partition coefficient (Wildman–Crippen LogP) is 5.82. The molecule has 0 amide bonds. The molecule has 0 spiro atoms. The number of ether oxygens (including phenoxy) is 1. The minimum atomic E-state index is -1.01. The molecule has 0 radical (unpaired) electrons. The van der Waals surface area contributed by atoms with Gasteiger partial charge in [-0.05, 0) is 59.2 Å². The zero-order valence-corrected chi connectivity index (χ0v) is 15.9. The summed E-state index contributed by atoms with van der Waals surface area (Å²) in [5, 5.41) is 18.8. The van der Waals surface area contributed by atoms with Crippen molar-refractivity contribution in [2.75, 3.05) is 0 Å². The smallest absolute Gasteiger partial charge is 0.335 e. The number of aromatic carboxylic acids is 1. The fraction of sp³-hybridized carbons (Fsp3) is 0.0435. The van der Waals surface area contributed by atoms with E-state index in [9.17, 15) is 14.4 Å². The van der Waals surface area contributed by atoms with Crippen LogP contribution in [-0.4, -0.2) is 11.1 Å². The first-order valence-electron chi connectivity index (χ1n) is 8.58. The van der Waals surface area contributed by atoms with E-state index >= 15 is 0 Å². The molecule has 6 heteroatoms. The van der Waals surface area contributed by atoms with Crippen LogP contribution in [-0.2, 0) is 6.61 Å². The number of carbonyl (C=O) groups is 1. The van der Waals surface area contributed by atoms with E-state index in [2.05, 4.69) is 6.07 Å². The molecule has 144 valence electrons. The Labute approximate surface area is 172 Å². The Balaban J connectivity index is 1.77. The first-order valence-corrected chi connectivity index (χ1v) is 8.96. The number of carboxylic acids is 1. The molecule has 29 heavy (non-hydrogen) atoms. The minimum absolute atomic E-state index is 0.156. The molecule has 0 aliphatic rings. The minimum Gasteiger partial charge on any atom is -0.487 e. The molecular formula is C23H15ClFNO3. The van der Waals surface area contributed by atoms with Gasteiger partial charge in [-0.15, -0.1) is 0 Å². The van der Waals surface area contributed by atoms with Gasteiger partial charge >= 0.3 is 5.97 Å². The fourth-order valence-corrected chi connectivity index (χ4v) is 2.93. The van der Waals surface area contributed by atoms with Gasteiger partial charge in [-0.1, -0.05) is 41.9 Å². The summed E-state index contributed by atoms with van der Waals surface area (Å²) >= 11 is 6.28. The summed E-state index contributed by atoms with van der Waals surface area (Å²) in [5.74, 6) is -1.00. The van der Waals surface area contributed by atoms with Crippen LogP contribution in [0.2, 0.25) is 5.02 Å². The highest BCUT2D eigenvalue weighted by atomic mass is 35.5. The van der Waals surface area contributed by atoms with Crippen molar-refractivity contribution < 1.29 is 19.0 Å². The molecule has 0 saturated carbocycles. The van der Waals surface area contributed by atoms with Crippen LogP contribution in [0.15, 0.2) is 66.7 Å². The normalized spacial score (nSPS) is 11.0. The van der Waals surface area contributed by atoms with Crippen LogP contribution < -0.4 is 4.74 Å². The lowest BCUT2D eigenvalue weighted by Crippen LogP contribution is -2.00. The van der Waals surface area contributed by atoms with Crippen molar-refractivity contribution >= 4 is 29.2 Å². The van der Waals surface area contributed by atoms with Crippen LogP contribution in [0.5, 0.6) is 5.75 Å². The molecule has 4 nitrogen and oxygen atoms in total. The highest BCUT2D eigenvalue weighted by Crippen LogP contribution is 2.28. The molecule has 0 bridgehead atoms. The van der Waals surface area contributed by atoms with Crippen molar-refractivity contribution in [1.82, 2.24) is 0 Å². The fourth-order valence-electron chi connectivity index (χ4n) is 2.68. The molecule has 0 unspecified atom stereocenters. The van der Waals surface area contributed by atoms with Gasteiger partial charge in [-0.3, -0.25) is 0 Å². The Bertz CT molecular complexity index is 1130. The number of hydrogen-bond donors (Lipinski definition) is 1. The van der Waals surface area contributed by atoms with Gasteiger partial charge in [0.2, 0.25) is 0 Å². The van der Waals surface area contributed by atoms with Crippen LogP contribution in [0, 0.1) is 17.1 Å². The first-order chi connectivity index (χ1) is 14.0. The summed E-state index contributed by atoms with van der Waals surface area (Å²) in [4.78, 5) is 11.0. The van der Waals surface area contributed by atoms with Crippen molar-refractivity contribution in [1.29, 1.82) is 5.26 Å². The third kappa shape index (κ3) is 5.22. The van der Waals surface area contributed by atoms with Gasteiger partial charge in [0, 0.05) is 0 Å². The number of halogens is 2. The van der Waals surface area contributed by atoms with E-state index in [4.69, 9.17) is 21.4 Å². The van der Waals surface area contributed by atoms with Crippen LogP contribution in [0.25, 0.3) is 11.6 Å². The van der Waals surface area contributed by atoms with E-state index in [0.29, 0.717) is 33.0 Å². The van der Waals surface area contributed by atoms with Gasteiger partial charge in [0.05, 0.1) is 22.2 Å². The SMILES string of the molecule is N#C/C(=C\c1ccc(OCc2cccc(C(=O)O)c2)c(Cl)c1)c1cccc(F)c1. The van der Waals surface area contributed by atoms with Crippen LogP contribution in [0.4, 0.5) is 4.39 Å². The van der Waals surface area contributed by atoms with E-state index in [-0.39, 0.29) is 12.2 Å². The third-order valence-corrected chi connectivity index (χ3v) is 4.39. The monoisotopic (exact) mass is 407 g/mol. The molecule has 3 aromatic rings. The number of hydrogen-bond acceptors (Lipinski definition) is 3. The molecule has 0 aliphatic heterocycles. The molecule has 0 aliphatic carbocycles. The molecule has 1 N–H and O–H groups in total.